The highest BCUT2D eigenvalue weighted by atomic mass is 16.3. The van der Waals surface area contributed by atoms with Crippen LogP contribution in [0.25, 0.3) is 6.08 Å². The van der Waals surface area contributed by atoms with E-state index in [1.807, 2.05) is 19.1 Å². The van der Waals surface area contributed by atoms with Crippen LogP contribution >= 0.6 is 0 Å². The SMILES string of the molecule is Cc1cc2c(c(N)c1O)C=CCC2. The van der Waals surface area contributed by atoms with Crippen LogP contribution in [0.15, 0.2) is 12.1 Å². The quantitative estimate of drug-likeness (QED) is 0.469. The second kappa shape index (κ2) is 2.80. The van der Waals surface area contributed by atoms with Crippen molar-refractivity contribution in [2.24, 2.45) is 0 Å². The Bertz CT molecular complexity index is 380. The summed E-state index contributed by atoms with van der Waals surface area (Å²) in [6.07, 6.45) is 6.18. The van der Waals surface area contributed by atoms with E-state index >= 15 is 0 Å². The lowest BCUT2D eigenvalue weighted by Crippen LogP contribution is -2.01. The Morgan fingerprint density at radius 2 is 2.23 bits per heavy atom. The number of benzene rings is 1. The van der Waals surface area contributed by atoms with Gasteiger partial charge in [0, 0.05) is 5.56 Å². The summed E-state index contributed by atoms with van der Waals surface area (Å²) in [6, 6.07) is 2.02. The van der Waals surface area contributed by atoms with Crippen molar-refractivity contribution in [1.82, 2.24) is 0 Å². The summed E-state index contributed by atoms with van der Waals surface area (Å²) in [6.45, 7) is 1.88. The van der Waals surface area contributed by atoms with E-state index in [9.17, 15) is 5.11 Å². The zero-order valence-electron chi connectivity index (χ0n) is 7.67. The molecule has 1 aliphatic rings. The molecule has 0 spiro atoms. The Morgan fingerprint density at radius 3 is 3.00 bits per heavy atom. The molecule has 3 N–H and O–H groups in total. The molecule has 0 aromatic heterocycles. The summed E-state index contributed by atoms with van der Waals surface area (Å²) in [5, 5.41) is 9.60. The molecular formula is C11H13NO. The monoisotopic (exact) mass is 175 g/mol. The molecule has 13 heavy (non-hydrogen) atoms. The summed E-state index contributed by atoms with van der Waals surface area (Å²) < 4.78 is 0. The van der Waals surface area contributed by atoms with E-state index < -0.39 is 0 Å². The molecule has 0 fully saturated rings. The Kier molecular flexibility index (Phi) is 1.76. The van der Waals surface area contributed by atoms with Gasteiger partial charge < -0.3 is 10.8 Å². The zero-order valence-corrected chi connectivity index (χ0v) is 7.67. The molecule has 0 heterocycles. The number of nitrogens with two attached hydrogens (primary N) is 1. The number of phenolic OH excluding ortho intramolecular Hbond substituents is 1. The van der Waals surface area contributed by atoms with E-state index in [4.69, 9.17) is 5.73 Å². The minimum Gasteiger partial charge on any atom is -0.505 e. The molecule has 0 amide bonds. The van der Waals surface area contributed by atoms with Gasteiger partial charge in [-0.1, -0.05) is 18.2 Å². The lowest BCUT2D eigenvalue weighted by Gasteiger charge is -2.15. The molecule has 0 radical (unpaired) electrons. The Balaban J connectivity index is 2.69. The molecular weight excluding hydrogens is 162 g/mol. The second-order valence-corrected chi connectivity index (χ2v) is 3.47. The molecule has 1 aromatic rings. The highest BCUT2D eigenvalue weighted by molar-refractivity contribution is 5.75. The maximum absolute atomic E-state index is 9.60. The number of aryl methyl sites for hydroxylation is 2. The number of anilines is 1. The molecule has 1 aliphatic carbocycles. The van der Waals surface area contributed by atoms with Crippen LogP contribution in [0.2, 0.25) is 0 Å². The van der Waals surface area contributed by atoms with Gasteiger partial charge in [-0.3, -0.25) is 0 Å². The summed E-state index contributed by atoms with van der Waals surface area (Å²) in [5.41, 5.74) is 9.43. The van der Waals surface area contributed by atoms with Gasteiger partial charge in [0.1, 0.15) is 5.75 Å². The normalized spacial score (nSPS) is 14.2. The van der Waals surface area contributed by atoms with E-state index in [-0.39, 0.29) is 5.75 Å². The van der Waals surface area contributed by atoms with Crippen LogP contribution < -0.4 is 5.73 Å². The summed E-state index contributed by atoms with van der Waals surface area (Å²) in [4.78, 5) is 0. The average Bonchev–Trinajstić information content (AvgIpc) is 2.15. The van der Waals surface area contributed by atoms with Crippen molar-refractivity contribution in [3.63, 3.8) is 0 Å². The second-order valence-electron chi connectivity index (χ2n) is 3.47. The molecule has 2 heteroatoms. The lowest BCUT2D eigenvalue weighted by molar-refractivity contribution is 0.473. The standard InChI is InChI=1S/C11H13NO/c1-7-6-8-4-2-3-5-9(8)10(12)11(7)13/h3,5-6,13H,2,4,12H2,1H3. The summed E-state index contributed by atoms with van der Waals surface area (Å²) in [5.74, 6) is 0.227. The van der Waals surface area contributed by atoms with Gasteiger partial charge in [-0.25, -0.2) is 0 Å². The van der Waals surface area contributed by atoms with E-state index in [2.05, 4.69) is 6.08 Å². The average molecular weight is 175 g/mol. The van der Waals surface area contributed by atoms with Gasteiger partial charge in [0.05, 0.1) is 5.69 Å². The number of hydrogen-bond donors (Lipinski definition) is 2. The third-order valence-corrected chi connectivity index (χ3v) is 2.52. The molecule has 0 saturated carbocycles. The number of fused-ring (bicyclic) bond motifs is 1. The van der Waals surface area contributed by atoms with Crippen LogP contribution in [-0.2, 0) is 6.42 Å². The van der Waals surface area contributed by atoms with E-state index in [0.717, 1.165) is 24.0 Å². The predicted molar refractivity (Wildman–Crippen MR) is 54.6 cm³/mol. The molecule has 1 aromatic carbocycles. The fraction of sp³-hybridized carbons (Fsp3) is 0.273. The van der Waals surface area contributed by atoms with Gasteiger partial charge in [-0.05, 0) is 30.9 Å². The van der Waals surface area contributed by atoms with Crippen molar-refractivity contribution in [1.29, 1.82) is 0 Å². The van der Waals surface area contributed by atoms with Crippen LogP contribution in [0, 0.1) is 6.92 Å². The molecule has 0 saturated heterocycles. The molecule has 2 nitrogen and oxygen atoms in total. The van der Waals surface area contributed by atoms with Gasteiger partial charge >= 0.3 is 0 Å². The molecule has 68 valence electrons. The van der Waals surface area contributed by atoms with Crippen LogP contribution in [0.1, 0.15) is 23.1 Å². The van der Waals surface area contributed by atoms with Crippen LogP contribution in [0.4, 0.5) is 5.69 Å². The Morgan fingerprint density at radius 1 is 1.46 bits per heavy atom. The summed E-state index contributed by atoms with van der Waals surface area (Å²) in [7, 11) is 0. The molecule has 0 bridgehead atoms. The fourth-order valence-corrected chi connectivity index (χ4v) is 1.76. The highest BCUT2D eigenvalue weighted by Crippen LogP contribution is 2.34. The van der Waals surface area contributed by atoms with Gasteiger partial charge in [-0.15, -0.1) is 0 Å². The maximum atomic E-state index is 9.60. The number of allylic oxidation sites excluding steroid dienone is 1. The van der Waals surface area contributed by atoms with Crippen molar-refractivity contribution in [2.75, 3.05) is 5.73 Å². The Hall–Kier alpha value is -1.44. The van der Waals surface area contributed by atoms with Gasteiger partial charge in [0.15, 0.2) is 0 Å². The number of rotatable bonds is 0. The van der Waals surface area contributed by atoms with E-state index in [1.54, 1.807) is 0 Å². The van der Waals surface area contributed by atoms with Crippen LogP contribution in [0.3, 0.4) is 0 Å². The highest BCUT2D eigenvalue weighted by Gasteiger charge is 2.12. The molecule has 0 atom stereocenters. The topological polar surface area (TPSA) is 46.2 Å². The van der Waals surface area contributed by atoms with Crippen molar-refractivity contribution in [3.05, 3.63) is 28.8 Å². The number of phenols is 1. The third-order valence-electron chi connectivity index (χ3n) is 2.52. The zero-order chi connectivity index (χ0) is 9.42. The smallest absolute Gasteiger partial charge is 0.142 e. The Labute approximate surface area is 77.7 Å². The van der Waals surface area contributed by atoms with Crippen molar-refractivity contribution < 1.29 is 5.11 Å². The van der Waals surface area contributed by atoms with Gasteiger partial charge in [0.25, 0.3) is 0 Å². The largest absolute Gasteiger partial charge is 0.505 e. The van der Waals surface area contributed by atoms with E-state index in [0.29, 0.717) is 5.69 Å². The van der Waals surface area contributed by atoms with Crippen molar-refractivity contribution in [2.45, 2.75) is 19.8 Å². The number of nitrogen functional groups attached to an aromatic ring is 1. The van der Waals surface area contributed by atoms with Gasteiger partial charge in [0.2, 0.25) is 0 Å². The summed E-state index contributed by atoms with van der Waals surface area (Å²) >= 11 is 0. The third kappa shape index (κ3) is 1.18. The van der Waals surface area contributed by atoms with Crippen LogP contribution in [-0.4, -0.2) is 5.11 Å². The van der Waals surface area contributed by atoms with Crippen LogP contribution in [0.5, 0.6) is 5.75 Å². The van der Waals surface area contributed by atoms with Crippen molar-refractivity contribution in [3.8, 4) is 5.75 Å². The minimum atomic E-state index is 0.227. The lowest BCUT2D eigenvalue weighted by atomic mass is 9.93. The molecule has 0 unspecified atom stereocenters. The molecule has 2 rings (SSSR count). The first-order valence-electron chi connectivity index (χ1n) is 4.47. The van der Waals surface area contributed by atoms with Crippen molar-refractivity contribution >= 4 is 11.8 Å². The fourth-order valence-electron chi connectivity index (χ4n) is 1.76. The number of aromatic hydroxyl groups is 1. The first kappa shape index (κ1) is 8.17. The first-order valence-corrected chi connectivity index (χ1v) is 4.47. The predicted octanol–water partition coefficient (Wildman–Crippen LogP) is 2.24. The number of hydrogen-bond acceptors (Lipinski definition) is 2. The van der Waals surface area contributed by atoms with Gasteiger partial charge in [-0.2, -0.15) is 0 Å². The first-order chi connectivity index (χ1) is 6.20. The molecule has 0 aliphatic heterocycles. The maximum Gasteiger partial charge on any atom is 0.142 e. The minimum absolute atomic E-state index is 0.227. The van der Waals surface area contributed by atoms with E-state index in [1.165, 1.54) is 5.56 Å².